The van der Waals surface area contributed by atoms with Crippen LogP contribution in [0.25, 0.3) is 11.0 Å². The lowest BCUT2D eigenvalue weighted by Gasteiger charge is -2.02. The molecule has 0 aliphatic heterocycles. The van der Waals surface area contributed by atoms with Gasteiger partial charge in [0, 0.05) is 11.5 Å². The highest BCUT2D eigenvalue weighted by atomic mass is 19.1. The van der Waals surface area contributed by atoms with Crippen LogP contribution in [0, 0.1) is 5.82 Å². The summed E-state index contributed by atoms with van der Waals surface area (Å²) >= 11 is 0. The number of hydrogen-bond acceptors (Lipinski definition) is 4. The third-order valence-electron chi connectivity index (χ3n) is 2.34. The maximum Gasteiger partial charge on any atom is 0.349 e. The summed E-state index contributed by atoms with van der Waals surface area (Å²) in [7, 11) is 0. The maximum atomic E-state index is 12.9. The average molecular weight is 265 g/mol. The molecule has 2 rings (SSSR count). The van der Waals surface area contributed by atoms with E-state index in [1.165, 1.54) is 12.1 Å². The van der Waals surface area contributed by atoms with Gasteiger partial charge in [0.05, 0.1) is 0 Å². The smallest absolute Gasteiger partial charge is 0.349 e. The summed E-state index contributed by atoms with van der Waals surface area (Å²) in [5.74, 6) is -2.67. The molecule has 0 saturated carbocycles. The Bertz CT molecular complexity index is 722. The second-order valence-electron chi connectivity index (χ2n) is 3.71. The molecule has 7 heteroatoms. The Kier molecular flexibility index (Phi) is 3.28. The zero-order valence-corrected chi connectivity index (χ0v) is 9.47. The van der Waals surface area contributed by atoms with Crippen molar-refractivity contribution in [3.63, 3.8) is 0 Å². The molecule has 0 atom stereocenters. The van der Waals surface area contributed by atoms with Crippen molar-refractivity contribution < 1.29 is 23.5 Å². The lowest BCUT2D eigenvalue weighted by Crippen LogP contribution is -2.32. The van der Waals surface area contributed by atoms with Crippen LogP contribution in [0.4, 0.5) is 4.39 Å². The Balaban J connectivity index is 2.41. The van der Waals surface area contributed by atoms with Crippen LogP contribution in [0.1, 0.15) is 10.4 Å². The molecule has 6 nitrogen and oxygen atoms in total. The van der Waals surface area contributed by atoms with Gasteiger partial charge in [-0.25, -0.2) is 9.18 Å². The molecular formula is C12H8FNO5. The highest BCUT2D eigenvalue weighted by Gasteiger charge is 2.14. The van der Waals surface area contributed by atoms with Crippen LogP contribution in [-0.4, -0.2) is 23.5 Å². The molecule has 98 valence electrons. The third-order valence-corrected chi connectivity index (χ3v) is 2.34. The number of carboxylic acids is 1. The number of carbonyl (C=O) groups excluding carboxylic acids is 1. The molecule has 19 heavy (non-hydrogen) atoms. The molecule has 2 aromatic rings. The highest BCUT2D eigenvalue weighted by Crippen LogP contribution is 2.14. The van der Waals surface area contributed by atoms with Gasteiger partial charge in [-0.3, -0.25) is 9.59 Å². The SMILES string of the molecule is O=C(O)CNC(=O)c1cc2ccc(F)cc2oc1=O. The Hall–Kier alpha value is -2.70. The minimum atomic E-state index is -1.24. The van der Waals surface area contributed by atoms with Crippen LogP contribution in [-0.2, 0) is 4.79 Å². The monoisotopic (exact) mass is 265 g/mol. The number of fused-ring (bicyclic) bond motifs is 1. The highest BCUT2D eigenvalue weighted by molar-refractivity contribution is 5.97. The topological polar surface area (TPSA) is 96.6 Å². The summed E-state index contributed by atoms with van der Waals surface area (Å²) in [6.07, 6.45) is 0. The van der Waals surface area contributed by atoms with E-state index in [0.29, 0.717) is 5.39 Å². The summed E-state index contributed by atoms with van der Waals surface area (Å²) < 4.78 is 17.7. The molecule has 0 saturated heterocycles. The molecule has 0 bridgehead atoms. The van der Waals surface area contributed by atoms with Gasteiger partial charge in [-0.05, 0) is 18.2 Å². The summed E-state index contributed by atoms with van der Waals surface area (Å²) in [5, 5.41) is 10.8. The molecule has 1 aromatic carbocycles. The zero-order chi connectivity index (χ0) is 14.0. The fraction of sp³-hybridized carbons (Fsp3) is 0.0833. The summed E-state index contributed by atoms with van der Waals surface area (Å²) in [5.41, 5.74) is -1.28. The van der Waals surface area contributed by atoms with Gasteiger partial charge in [-0.2, -0.15) is 0 Å². The molecule has 2 N–H and O–H groups in total. The van der Waals surface area contributed by atoms with E-state index in [-0.39, 0.29) is 11.1 Å². The van der Waals surface area contributed by atoms with E-state index in [4.69, 9.17) is 9.52 Å². The minimum Gasteiger partial charge on any atom is -0.480 e. The minimum absolute atomic E-state index is 0.0137. The maximum absolute atomic E-state index is 12.9. The summed E-state index contributed by atoms with van der Waals surface area (Å²) in [4.78, 5) is 33.4. The number of benzene rings is 1. The quantitative estimate of drug-likeness (QED) is 0.798. The molecule has 0 aliphatic carbocycles. The van der Waals surface area contributed by atoms with Crippen LogP contribution >= 0.6 is 0 Å². The number of rotatable bonds is 3. The van der Waals surface area contributed by atoms with Crippen molar-refractivity contribution in [1.82, 2.24) is 5.32 Å². The molecule has 0 spiro atoms. The van der Waals surface area contributed by atoms with Crippen LogP contribution in [0.2, 0.25) is 0 Å². The van der Waals surface area contributed by atoms with Crippen molar-refractivity contribution in [2.75, 3.05) is 6.54 Å². The van der Waals surface area contributed by atoms with Crippen molar-refractivity contribution >= 4 is 22.8 Å². The molecule has 0 radical (unpaired) electrons. The van der Waals surface area contributed by atoms with E-state index >= 15 is 0 Å². The number of aliphatic carboxylic acids is 1. The lowest BCUT2D eigenvalue weighted by molar-refractivity contribution is -0.135. The number of carboxylic acid groups (broad SMARTS) is 1. The number of amides is 1. The van der Waals surface area contributed by atoms with Gasteiger partial charge < -0.3 is 14.8 Å². The van der Waals surface area contributed by atoms with Crippen LogP contribution in [0.15, 0.2) is 33.5 Å². The first-order valence-corrected chi connectivity index (χ1v) is 5.21. The van der Waals surface area contributed by atoms with Crippen molar-refractivity contribution in [2.24, 2.45) is 0 Å². The first kappa shape index (κ1) is 12.7. The van der Waals surface area contributed by atoms with Gasteiger partial charge in [0.2, 0.25) is 0 Å². The van der Waals surface area contributed by atoms with E-state index in [9.17, 15) is 18.8 Å². The fourth-order valence-corrected chi connectivity index (χ4v) is 1.49. The largest absolute Gasteiger partial charge is 0.480 e. The predicted molar refractivity (Wildman–Crippen MR) is 62.4 cm³/mol. The van der Waals surface area contributed by atoms with Crippen LogP contribution < -0.4 is 10.9 Å². The van der Waals surface area contributed by atoms with Gasteiger partial charge in [-0.15, -0.1) is 0 Å². The third kappa shape index (κ3) is 2.76. The van der Waals surface area contributed by atoms with E-state index < -0.39 is 29.9 Å². The Morgan fingerprint density at radius 2 is 2.05 bits per heavy atom. The molecule has 1 aromatic heterocycles. The van der Waals surface area contributed by atoms with Crippen molar-refractivity contribution in [2.45, 2.75) is 0 Å². The number of carbonyl (C=O) groups is 2. The molecular weight excluding hydrogens is 257 g/mol. The second-order valence-corrected chi connectivity index (χ2v) is 3.71. The van der Waals surface area contributed by atoms with Crippen molar-refractivity contribution in [3.8, 4) is 0 Å². The first-order valence-electron chi connectivity index (χ1n) is 5.21. The van der Waals surface area contributed by atoms with Gasteiger partial charge >= 0.3 is 11.6 Å². The Morgan fingerprint density at radius 3 is 2.74 bits per heavy atom. The van der Waals surface area contributed by atoms with Gasteiger partial charge in [0.15, 0.2) is 0 Å². The van der Waals surface area contributed by atoms with Crippen LogP contribution in [0.3, 0.4) is 0 Å². The van der Waals surface area contributed by atoms with E-state index in [1.54, 1.807) is 0 Å². The van der Waals surface area contributed by atoms with Gasteiger partial charge in [0.1, 0.15) is 23.5 Å². The zero-order valence-electron chi connectivity index (χ0n) is 9.47. The van der Waals surface area contributed by atoms with Crippen molar-refractivity contribution in [3.05, 3.63) is 46.1 Å². The van der Waals surface area contributed by atoms with E-state index in [1.807, 2.05) is 5.32 Å². The summed E-state index contributed by atoms with van der Waals surface area (Å²) in [6.45, 7) is -0.611. The number of hydrogen-bond donors (Lipinski definition) is 2. The average Bonchev–Trinajstić information content (AvgIpc) is 2.35. The molecule has 1 heterocycles. The van der Waals surface area contributed by atoms with Gasteiger partial charge in [-0.1, -0.05) is 0 Å². The summed E-state index contributed by atoms with van der Waals surface area (Å²) in [6, 6.07) is 4.75. The second kappa shape index (κ2) is 4.89. The molecule has 1 amide bonds. The fourth-order valence-electron chi connectivity index (χ4n) is 1.49. The Morgan fingerprint density at radius 1 is 1.32 bits per heavy atom. The lowest BCUT2D eigenvalue weighted by atomic mass is 10.2. The van der Waals surface area contributed by atoms with Crippen LogP contribution in [0.5, 0.6) is 0 Å². The molecule has 0 unspecified atom stereocenters. The molecule has 0 fully saturated rings. The van der Waals surface area contributed by atoms with Crippen molar-refractivity contribution in [1.29, 1.82) is 0 Å². The van der Waals surface area contributed by atoms with E-state index in [2.05, 4.69) is 0 Å². The number of nitrogens with one attached hydrogen (secondary N) is 1. The number of halogens is 1. The molecule has 0 aliphatic rings. The van der Waals surface area contributed by atoms with Gasteiger partial charge in [0.25, 0.3) is 5.91 Å². The first-order chi connectivity index (χ1) is 8.97. The van der Waals surface area contributed by atoms with E-state index in [0.717, 1.165) is 12.1 Å². The predicted octanol–water partition coefficient (Wildman–Crippen LogP) is 0.746. The standard InChI is InChI=1S/C12H8FNO5/c13-7-2-1-6-3-8(11(17)14-5-10(15)16)12(18)19-9(6)4-7/h1-4H,5H2,(H,14,17)(H,15,16). The normalized spacial score (nSPS) is 10.4. The Labute approximate surface area is 105 Å².